The highest BCUT2D eigenvalue weighted by molar-refractivity contribution is 5.96. The molecule has 0 aromatic heterocycles. The van der Waals surface area contributed by atoms with Crippen LogP contribution in [0, 0.1) is 5.92 Å². The van der Waals surface area contributed by atoms with E-state index in [9.17, 15) is 14.7 Å². The fraction of sp³-hybridized carbons (Fsp3) is 0.524. The van der Waals surface area contributed by atoms with Crippen LogP contribution in [0.4, 0.5) is 0 Å². The number of fused-ring (bicyclic) bond motifs is 1. The van der Waals surface area contributed by atoms with Gasteiger partial charge in [-0.2, -0.15) is 0 Å². The first-order chi connectivity index (χ1) is 12.8. The smallest absolute Gasteiger partial charge is 0.310 e. The van der Waals surface area contributed by atoms with Crippen LogP contribution in [0.3, 0.4) is 0 Å². The molecule has 1 fully saturated rings. The van der Waals surface area contributed by atoms with E-state index in [1.165, 1.54) is 14.2 Å². The van der Waals surface area contributed by atoms with Crippen LogP contribution < -0.4 is 9.84 Å². The molecule has 0 N–H and O–H groups in total. The maximum absolute atomic E-state index is 13.2. The van der Waals surface area contributed by atoms with Crippen molar-refractivity contribution in [3.63, 3.8) is 0 Å². The minimum absolute atomic E-state index is 0.0187. The van der Waals surface area contributed by atoms with Crippen molar-refractivity contribution in [1.29, 1.82) is 0 Å². The number of carbonyl (C=O) groups excluding carboxylic acids is 2. The fourth-order valence-electron chi connectivity index (χ4n) is 5.58. The Hall–Kier alpha value is -2.34. The van der Waals surface area contributed by atoms with E-state index < -0.39 is 5.41 Å². The van der Waals surface area contributed by atoms with Crippen LogP contribution in [0.2, 0.25) is 0 Å². The maximum Gasteiger partial charge on any atom is 0.310 e. The zero-order chi connectivity index (χ0) is 19.6. The Balaban J connectivity index is 2.00. The quantitative estimate of drug-likeness (QED) is 0.736. The lowest BCUT2D eigenvalue weighted by Crippen LogP contribution is -2.70. The molecule has 4 rings (SSSR count). The van der Waals surface area contributed by atoms with E-state index in [0.29, 0.717) is 40.9 Å². The second-order valence-corrected chi connectivity index (χ2v) is 8.18. The Bertz CT molecular complexity index is 876. The number of allylic oxidation sites excluding steroid dienone is 1. The molecule has 144 valence electrons. The highest BCUT2D eigenvalue weighted by Crippen LogP contribution is 2.58. The van der Waals surface area contributed by atoms with Crippen LogP contribution in [-0.2, 0) is 26.2 Å². The van der Waals surface area contributed by atoms with Crippen molar-refractivity contribution in [2.75, 3.05) is 27.8 Å². The van der Waals surface area contributed by atoms with Crippen molar-refractivity contribution in [3.8, 4) is 11.5 Å². The second kappa shape index (κ2) is 5.83. The first-order valence-corrected chi connectivity index (χ1v) is 9.31. The van der Waals surface area contributed by atoms with Gasteiger partial charge in [-0.25, -0.2) is 4.79 Å². The van der Waals surface area contributed by atoms with E-state index >= 15 is 0 Å². The lowest BCUT2D eigenvalue weighted by Gasteiger charge is -2.59. The van der Waals surface area contributed by atoms with Crippen molar-refractivity contribution >= 4 is 11.7 Å². The predicted molar refractivity (Wildman–Crippen MR) is 96.2 cm³/mol. The number of hydrogen-bond donors (Lipinski definition) is 0. The van der Waals surface area contributed by atoms with E-state index in [-0.39, 0.29) is 35.8 Å². The maximum atomic E-state index is 13.2. The molecule has 1 unspecified atom stereocenters. The number of quaternary nitrogens is 1. The minimum atomic E-state index is -0.587. The van der Waals surface area contributed by atoms with Gasteiger partial charge in [0.15, 0.2) is 11.5 Å². The SMILES string of the molecule is COC1=C[C@@H]2[C@@H]3Cc4ccc(OC)c([O-])c4[C@]2(CC[N+]3(C)C(C)=O)CC1=O. The number of nitrogens with zero attached hydrogens (tertiary/aromatic N) is 1. The summed E-state index contributed by atoms with van der Waals surface area (Å²) >= 11 is 0. The third kappa shape index (κ3) is 2.22. The zero-order valence-corrected chi connectivity index (χ0v) is 16.2. The second-order valence-electron chi connectivity index (χ2n) is 8.18. The molecule has 0 saturated carbocycles. The molecule has 1 aromatic rings. The molecule has 1 aliphatic heterocycles. The standard InChI is InChI=1S/C21H25NO5/c1-12(23)22(2)8-7-21-11-16(24)18(27-4)10-14(21)15(22)9-13-5-6-17(26-3)20(25)19(13)21/h5-6,10,14-15H,7-9,11H2,1-4H3/t14-,15+,21-,22?/m1/s1. The minimum Gasteiger partial charge on any atom is -0.870 e. The highest BCUT2D eigenvalue weighted by Gasteiger charge is 2.62. The Morgan fingerprint density at radius 2 is 2.04 bits per heavy atom. The molecular formula is C21H25NO5. The summed E-state index contributed by atoms with van der Waals surface area (Å²) in [5.41, 5.74) is 1.06. The van der Waals surface area contributed by atoms with E-state index in [1.807, 2.05) is 19.2 Å². The van der Waals surface area contributed by atoms with Gasteiger partial charge in [0.1, 0.15) is 11.8 Å². The molecular weight excluding hydrogens is 346 g/mol. The van der Waals surface area contributed by atoms with Crippen molar-refractivity contribution in [2.24, 2.45) is 5.92 Å². The first kappa shape index (κ1) is 18.0. The molecule has 0 spiro atoms. The number of piperidine rings is 1. The summed E-state index contributed by atoms with van der Waals surface area (Å²) in [5.74, 6) is 0.457. The normalized spacial score (nSPS) is 34.2. The van der Waals surface area contributed by atoms with E-state index in [0.717, 1.165) is 5.56 Å². The topological polar surface area (TPSA) is 75.7 Å². The van der Waals surface area contributed by atoms with Gasteiger partial charge in [-0.15, -0.1) is 0 Å². The average molecular weight is 371 g/mol. The number of methoxy groups -OCH3 is 2. The Morgan fingerprint density at radius 1 is 1.30 bits per heavy atom. The predicted octanol–water partition coefficient (Wildman–Crippen LogP) is 1.45. The Morgan fingerprint density at radius 3 is 2.67 bits per heavy atom. The highest BCUT2D eigenvalue weighted by atomic mass is 16.5. The number of hydrogen-bond acceptors (Lipinski definition) is 5. The Labute approximate surface area is 159 Å². The van der Waals surface area contributed by atoms with Crippen LogP contribution in [0.1, 0.15) is 30.9 Å². The third-order valence-electron chi connectivity index (χ3n) is 7.18. The molecule has 27 heavy (non-hydrogen) atoms. The molecule has 0 radical (unpaired) electrons. The van der Waals surface area contributed by atoms with Gasteiger partial charge in [0.05, 0.1) is 34.7 Å². The van der Waals surface area contributed by atoms with E-state index in [4.69, 9.17) is 9.47 Å². The summed E-state index contributed by atoms with van der Waals surface area (Å²) in [6.07, 6.45) is 3.34. The third-order valence-corrected chi connectivity index (χ3v) is 7.18. The number of Topliss-reactive ketones (excluding diaryl/α,β-unsaturated/α-hetero) is 1. The zero-order valence-electron chi connectivity index (χ0n) is 16.2. The van der Waals surface area contributed by atoms with Gasteiger partial charge in [-0.3, -0.25) is 9.28 Å². The van der Waals surface area contributed by atoms with E-state index in [1.54, 1.807) is 13.0 Å². The lowest BCUT2D eigenvalue weighted by molar-refractivity contribution is -0.872. The van der Waals surface area contributed by atoms with E-state index in [2.05, 4.69) is 0 Å². The largest absolute Gasteiger partial charge is 0.870 e. The molecule has 1 saturated heterocycles. The lowest BCUT2D eigenvalue weighted by atomic mass is 9.53. The van der Waals surface area contributed by atoms with Crippen LogP contribution in [-0.4, -0.2) is 50.0 Å². The average Bonchev–Trinajstić information content (AvgIpc) is 2.64. The van der Waals surface area contributed by atoms with Crippen LogP contribution in [0.5, 0.6) is 11.5 Å². The summed E-state index contributed by atoms with van der Waals surface area (Å²) in [5, 5.41) is 13.2. The molecule has 2 bridgehead atoms. The van der Waals surface area contributed by atoms with Crippen molar-refractivity contribution in [3.05, 3.63) is 35.1 Å². The number of benzene rings is 1. The number of amides is 1. The number of likely N-dealkylation sites (N-methyl/N-ethyl adjacent to an activating group) is 1. The van der Waals surface area contributed by atoms with Crippen molar-refractivity contribution in [2.45, 2.75) is 37.6 Å². The molecule has 3 aliphatic rings. The van der Waals surface area contributed by atoms with Crippen LogP contribution in [0.15, 0.2) is 24.0 Å². The van der Waals surface area contributed by atoms with Gasteiger partial charge in [-0.05, 0) is 23.3 Å². The van der Waals surface area contributed by atoms with Gasteiger partial charge in [0.25, 0.3) is 0 Å². The van der Waals surface area contributed by atoms with Gasteiger partial charge in [0, 0.05) is 30.6 Å². The van der Waals surface area contributed by atoms with Gasteiger partial charge in [0.2, 0.25) is 0 Å². The molecule has 1 aromatic carbocycles. The number of rotatable bonds is 2. The molecule has 1 heterocycles. The van der Waals surface area contributed by atoms with Crippen LogP contribution in [0.25, 0.3) is 0 Å². The summed E-state index contributed by atoms with van der Waals surface area (Å²) < 4.78 is 10.9. The summed E-state index contributed by atoms with van der Waals surface area (Å²) in [6, 6.07) is 3.61. The summed E-state index contributed by atoms with van der Waals surface area (Å²) in [7, 11) is 4.96. The molecule has 2 aliphatic carbocycles. The monoisotopic (exact) mass is 371 g/mol. The molecule has 4 atom stereocenters. The first-order valence-electron chi connectivity index (χ1n) is 9.31. The summed E-state index contributed by atoms with van der Waals surface area (Å²) in [6.45, 7) is 2.25. The van der Waals surface area contributed by atoms with Gasteiger partial charge >= 0.3 is 5.91 Å². The van der Waals surface area contributed by atoms with Gasteiger partial charge in [-0.1, -0.05) is 11.8 Å². The molecule has 6 nitrogen and oxygen atoms in total. The van der Waals surface area contributed by atoms with Crippen molar-refractivity contribution < 1.29 is 28.7 Å². The Kier molecular flexibility index (Phi) is 3.89. The summed E-state index contributed by atoms with van der Waals surface area (Å²) in [4.78, 5) is 25.3. The van der Waals surface area contributed by atoms with Crippen LogP contribution >= 0.6 is 0 Å². The molecule has 6 heteroatoms. The number of likely N-dealkylation sites (tertiary alicyclic amines) is 1. The molecule has 1 amide bonds. The van der Waals surface area contributed by atoms with Crippen molar-refractivity contribution in [1.82, 2.24) is 0 Å². The number of carbonyl (C=O) groups is 2. The number of ketones is 1. The number of ether oxygens (including phenoxy) is 2. The fourth-order valence-corrected chi connectivity index (χ4v) is 5.58. The van der Waals surface area contributed by atoms with Gasteiger partial charge < -0.3 is 14.6 Å².